The molecule has 0 aliphatic heterocycles. The van der Waals surface area contributed by atoms with Crippen molar-refractivity contribution in [3.8, 4) is 11.5 Å². The summed E-state index contributed by atoms with van der Waals surface area (Å²) in [6.07, 6.45) is 0. The molecule has 5 N–H and O–H groups in total. The Labute approximate surface area is 245 Å². The van der Waals surface area contributed by atoms with E-state index in [0.717, 1.165) is 55.5 Å². The molecule has 9 nitrogen and oxygen atoms in total. The minimum absolute atomic E-state index is 0.269. The molecule has 0 bridgehead atoms. The molecule has 7 rings (SSSR count). The molecule has 4 heterocycles. The van der Waals surface area contributed by atoms with Crippen molar-refractivity contribution in [2.75, 3.05) is 16.4 Å². The van der Waals surface area contributed by atoms with Crippen LogP contribution in [0.25, 0.3) is 44.2 Å². The normalized spacial score (nSPS) is 11.4. The van der Waals surface area contributed by atoms with Crippen molar-refractivity contribution in [2.45, 2.75) is 13.8 Å². The molecule has 0 saturated carbocycles. The maximum absolute atomic E-state index is 6.44. The molecule has 0 amide bonds. The van der Waals surface area contributed by atoms with Crippen molar-refractivity contribution >= 4 is 73.6 Å². The zero-order valence-corrected chi connectivity index (χ0v) is 23.6. The lowest BCUT2D eigenvalue weighted by Crippen LogP contribution is -2.15. The second kappa shape index (κ2) is 9.86. The number of hydrogen-bond acceptors (Lipinski definition) is 9. The van der Waals surface area contributed by atoms with Gasteiger partial charge in [-0.3, -0.25) is 14.9 Å². The molecule has 0 radical (unpaired) electrons. The predicted octanol–water partition coefficient (Wildman–Crippen LogP) is 7.10. The van der Waals surface area contributed by atoms with E-state index < -0.39 is 0 Å². The SMILES string of the molecule is Cc1cc(N)c2cc(N(c3ccc4nc(C)cc(N)c4c3)c3nc(-c4ccc5ccccc5n4)nc(=S)[nH]3)ccc2n1. The molecule has 0 atom stereocenters. The zero-order valence-electron chi connectivity index (χ0n) is 22.8. The van der Waals surface area contributed by atoms with Gasteiger partial charge in [0.05, 0.1) is 16.6 Å². The summed E-state index contributed by atoms with van der Waals surface area (Å²) in [5, 5.41) is 2.67. The molecule has 204 valence electrons. The minimum atomic E-state index is 0.269. The number of rotatable bonds is 4. The first-order chi connectivity index (χ1) is 20.3. The van der Waals surface area contributed by atoms with Gasteiger partial charge in [-0.25, -0.2) is 4.98 Å². The molecule has 0 aliphatic rings. The van der Waals surface area contributed by atoms with Gasteiger partial charge >= 0.3 is 0 Å². The molecule has 0 unspecified atom stereocenters. The van der Waals surface area contributed by atoms with Crippen LogP contribution in [0.3, 0.4) is 0 Å². The maximum Gasteiger partial charge on any atom is 0.216 e. The number of benzene rings is 3. The van der Waals surface area contributed by atoms with E-state index >= 15 is 0 Å². The Balaban J connectivity index is 1.46. The number of aromatic amines is 1. The quantitative estimate of drug-likeness (QED) is 0.190. The molecule has 7 aromatic rings. The highest BCUT2D eigenvalue weighted by molar-refractivity contribution is 7.71. The molecule has 10 heteroatoms. The topological polar surface area (TPSA) is 136 Å². The number of aromatic nitrogens is 6. The predicted molar refractivity (Wildman–Crippen MR) is 172 cm³/mol. The van der Waals surface area contributed by atoms with E-state index in [1.807, 2.05) is 104 Å². The van der Waals surface area contributed by atoms with E-state index in [0.29, 0.717) is 28.8 Å². The van der Waals surface area contributed by atoms with Crippen LogP contribution in [0.4, 0.5) is 28.7 Å². The third-order valence-corrected chi connectivity index (χ3v) is 7.29. The van der Waals surface area contributed by atoms with Gasteiger partial charge in [0.1, 0.15) is 5.69 Å². The van der Waals surface area contributed by atoms with Crippen LogP contribution in [0.2, 0.25) is 0 Å². The Hall–Kier alpha value is -5.48. The van der Waals surface area contributed by atoms with E-state index in [1.165, 1.54) is 0 Å². The highest BCUT2D eigenvalue weighted by Gasteiger charge is 2.19. The number of hydrogen-bond donors (Lipinski definition) is 3. The van der Waals surface area contributed by atoms with Gasteiger partial charge in [0.2, 0.25) is 10.7 Å². The number of anilines is 5. The summed E-state index contributed by atoms with van der Waals surface area (Å²) in [5.74, 6) is 0.857. The van der Waals surface area contributed by atoms with Crippen LogP contribution in [0.15, 0.2) is 84.9 Å². The van der Waals surface area contributed by atoms with Gasteiger partial charge in [0.25, 0.3) is 0 Å². The molecule has 0 saturated heterocycles. The van der Waals surface area contributed by atoms with Gasteiger partial charge < -0.3 is 16.5 Å². The summed E-state index contributed by atoms with van der Waals surface area (Å²) in [5.41, 5.74) is 20.5. The molecule has 0 fully saturated rings. The minimum Gasteiger partial charge on any atom is -0.398 e. The molecular formula is C32H25N9S. The van der Waals surface area contributed by atoms with E-state index in [4.69, 9.17) is 33.7 Å². The molecule has 0 aliphatic carbocycles. The highest BCUT2D eigenvalue weighted by atomic mass is 32.1. The Morgan fingerprint density at radius 2 is 1.26 bits per heavy atom. The average molecular weight is 568 g/mol. The zero-order chi connectivity index (χ0) is 29.0. The second-order valence-corrected chi connectivity index (χ2v) is 10.5. The monoisotopic (exact) mass is 567 g/mol. The number of para-hydroxylation sites is 1. The number of pyridine rings is 3. The standard InChI is InChI=1S/C32H25N9S/c1-17-13-24(33)22-15-20(8-11-27(22)35-17)41(21-9-12-28-23(16-21)25(34)14-18(2)36-28)31-38-30(39-32(42)40-31)29-10-7-19-5-3-4-6-26(19)37-29/h3-16H,1-2H3,(H2,33,35)(H2,34,36)(H,38,39,40,42). The number of nitrogens with one attached hydrogen (secondary N) is 1. The fraction of sp³-hybridized carbons (Fsp3) is 0.0625. The van der Waals surface area contributed by atoms with E-state index in [9.17, 15) is 0 Å². The number of nitrogens with zero attached hydrogens (tertiary/aromatic N) is 6. The summed E-state index contributed by atoms with van der Waals surface area (Å²) in [6, 6.07) is 27.4. The Bertz CT molecular complexity index is 2150. The first-order valence-corrected chi connectivity index (χ1v) is 13.7. The lowest BCUT2D eigenvalue weighted by atomic mass is 10.1. The van der Waals surface area contributed by atoms with Gasteiger partial charge in [0.15, 0.2) is 5.82 Å². The van der Waals surface area contributed by atoms with Crippen LogP contribution >= 0.6 is 12.2 Å². The van der Waals surface area contributed by atoms with Crippen LogP contribution in [-0.4, -0.2) is 29.9 Å². The smallest absolute Gasteiger partial charge is 0.216 e. The molecule has 42 heavy (non-hydrogen) atoms. The van der Waals surface area contributed by atoms with Crippen LogP contribution < -0.4 is 16.4 Å². The molecule has 0 spiro atoms. The van der Waals surface area contributed by atoms with Gasteiger partial charge in [0, 0.05) is 50.3 Å². The van der Waals surface area contributed by atoms with Crippen LogP contribution in [0, 0.1) is 18.6 Å². The molecular weight excluding hydrogens is 542 g/mol. The fourth-order valence-corrected chi connectivity index (χ4v) is 5.39. The first kappa shape index (κ1) is 25.5. The number of aryl methyl sites for hydroxylation is 2. The van der Waals surface area contributed by atoms with Gasteiger partial charge in [-0.15, -0.1) is 0 Å². The summed E-state index contributed by atoms with van der Waals surface area (Å²) in [7, 11) is 0. The summed E-state index contributed by atoms with van der Waals surface area (Å²) in [4.78, 5) is 28.7. The Morgan fingerprint density at radius 3 is 1.90 bits per heavy atom. The van der Waals surface area contributed by atoms with Crippen molar-refractivity contribution in [3.05, 3.63) is 101 Å². The third kappa shape index (κ3) is 4.53. The lowest BCUT2D eigenvalue weighted by molar-refractivity contribution is 0.993. The molecule has 4 aromatic heterocycles. The summed E-state index contributed by atoms with van der Waals surface area (Å²) in [6.45, 7) is 3.85. The average Bonchev–Trinajstić information content (AvgIpc) is 2.97. The Kier molecular flexibility index (Phi) is 5.98. The fourth-order valence-electron chi connectivity index (χ4n) is 5.21. The number of nitrogen functional groups attached to an aromatic ring is 2. The largest absolute Gasteiger partial charge is 0.398 e. The maximum atomic E-state index is 6.44. The third-order valence-electron chi connectivity index (χ3n) is 7.10. The first-order valence-electron chi connectivity index (χ1n) is 13.3. The van der Waals surface area contributed by atoms with Gasteiger partial charge in [-0.05, 0) is 86.7 Å². The van der Waals surface area contributed by atoms with E-state index in [2.05, 4.69) is 19.9 Å². The summed E-state index contributed by atoms with van der Waals surface area (Å²) < 4.78 is 0.269. The second-order valence-electron chi connectivity index (χ2n) is 10.1. The van der Waals surface area contributed by atoms with E-state index in [1.54, 1.807) is 0 Å². The number of nitrogens with two attached hydrogens (primary N) is 2. The van der Waals surface area contributed by atoms with Crippen molar-refractivity contribution in [1.82, 2.24) is 29.9 Å². The van der Waals surface area contributed by atoms with Gasteiger partial charge in [-0.2, -0.15) is 9.97 Å². The van der Waals surface area contributed by atoms with E-state index in [-0.39, 0.29) is 4.77 Å². The van der Waals surface area contributed by atoms with Crippen molar-refractivity contribution in [2.24, 2.45) is 0 Å². The molecule has 3 aromatic carbocycles. The van der Waals surface area contributed by atoms with Crippen molar-refractivity contribution < 1.29 is 0 Å². The van der Waals surface area contributed by atoms with Crippen LogP contribution in [0.5, 0.6) is 0 Å². The highest BCUT2D eigenvalue weighted by Crippen LogP contribution is 2.37. The number of fused-ring (bicyclic) bond motifs is 3. The van der Waals surface area contributed by atoms with Crippen LogP contribution in [-0.2, 0) is 0 Å². The lowest BCUT2D eigenvalue weighted by Gasteiger charge is -2.25. The van der Waals surface area contributed by atoms with Crippen molar-refractivity contribution in [3.63, 3.8) is 0 Å². The van der Waals surface area contributed by atoms with Crippen molar-refractivity contribution in [1.29, 1.82) is 0 Å². The summed E-state index contributed by atoms with van der Waals surface area (Å²) >= 11 is 5.61. The van der Waals surface area contributed by atoms with Crippen LogP contribution in [0.1, 0.15) is 11.4 Å². The van der Waals surface area contributed by atoms with Gasteiger partial charge in [-0.1, -0.05) is 24.3 Å². The Morgan fingerprint density at radius 1 is 0.643 bits per heavy atom. The number of H-pyrrole nitrogens is 1.